The summed E-state index contributed by atoms with van der Waals surface area (Å²) in [4.78, 5) is 0. The minimum absolute atomic E-state index is 0.482. The van der Waals surface area contributed by atoms with E-state index in [0.29, 0.717) is 18.0 Å². The largest absolute Gasteiger partial charge is 0.311 e. The Morgan fingerprint density at radius 2 is 1.50 bits per heavy atom. The van der Waals surface area contributed by atoms with Gasteiger partial charge in [0.15, 0.2) is 0 Å². The second-order valence-electron chi connectivity index (χ2n) is 5.47. The predicted octanol–water partition coefficient (Wildman–Crippen LogP) is 4.33. The minimum atomic E-state index is 0.482. The summed E-state index contributed by atoms with van der Waals surface area (Å²) < 4.78 is 0. The zero-order chi connectivity index (χ0) is 13.1. The normalized spacial score (nSPS) is 14.9. The van der Waals surface area contributed by atoms with Crippen LogP contribution in [0.1, 0.15) is 39.2 Å². The molecule has 0 aliphatic heterocycles. The third kappa shape index (κ3) is 2.73. The van der Waals surface area contributed by atoms with E-state index in [0.717, 1.165) is 0 Å². The van der Waals surface area contributed by atoms with Crippen LogP contribution in [0.2, 0.25) is 0 Å². The third-order valence-corrected chi connectivity index (χ3v) is 3.66. The van der Waals surface area contributed by atoms with Gasteiger partial charge < -0.3 is 5.32 Å². The molecule has 0 aliphatic rings. The van der Waals surface area contributed by atoms with Crippen molar-refractivity contribution in [1.82, 2.24) is 5.32 Å². The van der Waals surface area contributed by atoms with E-state index < -0.39 is 0 Å². The lowest BCUT2D eigenvalue weighted by atomic mass is 9.90. The van der Waals surface area contributed by atoms with Crippen LogP contribution in [0.25, 0.3) is 10.8 Å². The van der Waals surface area contributed by atoms with Crippen LogP contribution in [0.3, 0.4) is 0 Å². The molecule has 2 aromatic rings. The summed E-state index contributed by atoms with van der Waals surface area (Å²) in [5, 5.41) is 6.32. The highest BCUT2D eigenvalue weighted by molar-refractivity contribution is 5.86. The third-order valence-electron chi connectivity index (χ3n) is 3.66. The van der Waals surface area contributed by atoms with Crippen LogP contribution in [-0.2, 0) is 0 Å². The van der Waals surface area contributed by atoms with Crippen LogP contribution in [-0.4, -0.2) is 12.1 Å². The SMILES string of the molecule is CC(C)NC(C)C(C)c1cccc2ccccc12. The Hall–Kier alpha value is -1.34. The highest BCUT2D eigenvalue weighted by atomic mass is 14.9. The second-order valence-corrected chi connectivity index (χ2v) is 5.47. The molecule has 1 nitrogen and oxygen atoms in total. The zero-order valence-electron chi connectivity index (χ0n) is 11.8. The number of rotatable bonds is 4. The molecular formula is C17H23N. The van der Waals surface area contributed by atoms with Gasteiger partial charge in [0.25, 0.3) is 0 Å². The smallest absolute Gasteiger partial charge is 0.0107 e. The number of benzene rings is 2. The average molecular weight is 241 g/mol. The van der Waals surface area contributed by atoms with E-state index in [9.17, 15) is 0 Å². The molecule has 0 radical (unpaired) electrons. The van der Waals surface area contributed by atoms with Gasteiger partial charge in [0.2, 0.25) is 0 Å². The molecule has 1 heteroatoms. The average Bonchev–Trinajstić information content (AvgIpc) is 2.36. The monoisotopic (exact) mass is 241 g/mol. The van der Waals surface area contributed by atoms with Crippen molar-refractivity contribution in [2.24, 2.45) is 0 Å². The Balaban J connectivity index is 2.35. The lowest BCUT2D eigenvalue weighted by molar-refractivity contribution is 0.441. The lowest BCUT2D eigenvalue weighted by Crippen LogP contribution is -2.36. The number of hydrogen-bond donors (Lipinski definition) is 1. The Kier molecular flexibility index (Phi) is 4.03. The zero-order valence-corrected chi connectivity index (χ0v) is 11.8. The maximum absolute atomic E-state index is 3.61. The van der Waals surface area contributed by atoms with Gasteiger partial charge in [0.1, 0.15) is 0 Å². The van der Waals surface area contributed by atoms with Crippen LogP contribution >= 0.6 is 0 Å². The molecule has 0 saturated carbocycles. The van der Waals surface area contributed by atoms with Crippen molar-refractivity contribution in [1.29, 1.82) is 0 Å². The van der Waals surface area contributed by atoms with E-state index in [1.807, 2.05) is 0 Å². The molecule has 96 valence electrons. The molecule has 0 aromatic heterocycles. The van der Waals surface area contributed by atoms with Crippen molar-refractivity contribution in [3.05, 3.63) is 48.0 Å². The first kappa shape index (κ1) is 13.1. The highest BCUT2D eigenvalue weighted by Crippen LogP contribution is 2.27. The van der Waals surface area contributed by atoms with E-state index >= 15 is 0 Å². The molecule has 2 unspecified atom stereocenters. The van der Waals surface area contributed by atoms with Crippen LogP contribution in [0, 0.1) is 0 Å². The molecule has 0 bridgehead atoms. The summed E-state index contributed by atoms with van der Waals surface area (Å²) >= 11 is 0. The van der Waals surface area contributed by atoms with Gasteiger partial charge in [-0.25, -0.2) is 0 Å². The van der Waals surface area contributed by atoms with Gasteiger partial charge in [0, 0.05) is 12.1 Å². The molecule has 2 atom stereocenters. The highest BCUT2D eigenvalue weighted by Gasteiger charge is 2.16. The van der Waals surface area contributed by atoms with Crippen molar-refractivity contribution in [2.75, 3.05) is 0 Å². The van der Waals surface area contributed by atoms with Crippen molar-refractivity contribution < 1.29 is 0 Å². The fourth-order valence-corrected chi connectivity index (χ4v) is 2.59. The predicted molar refractivity (Wildman–Crippen MR) is 80.1 cm³/mol. The van der Waals surface area contributed by atoms with Crippen LogP contribution in [0.5, 0.6) is 0 Å². The molecule has 0 amide bonds. The molecule has 1 N–H and O–H groups in total. The number of nitrogens with one attached hydrogen (secondary N) is 1. The van der Waals surface area contributed by atoms with Crippen LogP contribution < -0.4 is 5.32 Å². The van der Waals surface area contributed by atoms with Gasteiger partial charge in [-0.15, -0.1) is 0 Å². The van der Waals surface area contributed by atoms with Crippen molar-refractivity contribution in [3.63, 3.8) is 0 Å². The number of fused-ring (bicyclic) bond motifs is 1. The van der Waals surface area contributed by atoms with Crippen LogP contribution in [0.4, 0.5) is 0 Å². The molecule has 0 saturated heterocycles. The van der Waals surface area contributed by atoms with Gasteiger partial charge in [-0.3, -0.25) is 0 Å². The summed E-state index contributed by atoms with van der Waals surface area (Å²) in [5.74, 6) is 0.512. The Morgan fingerprint density at radius 1 is 0.833 bits per heavy atom. The second kappa shape index (κ2) is 5.53. The summed E-state index contributed by atoms with van der Waals surface area (Å²) in [6, 6.07) is 16.3. The fraction of sp³-hybridized carbons (Fsp3) is 0.412. The van der Waals surface area contributed by atoms with Gasteiger partial charge >= 0.3 is 0 Å². The molecule has 2 rings (SSSR count). The summed E-state index contributed by atoms with van der Waals surface area (Å²) in [5.41, 5.74) is 1.44. The first-order valence-electron chi connectivity index (χ1n) is 6.83. The topological polar surface area (TPSA) is 12.0 Å². The molecule has 0 spiro atoms. The Labute approximate surface area is 110 Å². The van der Waals surface area contributed by atoms with Gasteiger partial charge in [-0.1, -0.05) is 63.2 Å². The summed E-state index contributed by atoms with van der Waals surface area (Å²) in [6.07, 6.45) is 0. The summed E-state index contributed by atoms with van der Waals surface area (Å²) in [6.45, 7) is 8.98. The molecular weight excluding hydrogens is 218 g/mol. The van der Waals surface area contributed by atoms with E-state index in [1.54, 1.807) is 0 Å². The standard InChI is InChI=1S/C17H23N/c1-12(2)18-14(4)13(3)16-11-7-9-15-8-5-6-10-17(15)16/h5-14,18H,1-4H3. The van der Waals surface area contributed by atoms with Crippen molar-refractivity contribution >= 4 is 10.8 Å². The molecule has 18 heavy (non-hydrogen) atoms. The van der Waals surface area contributed by atoms with E-state index in [4.69, 9.17) is 0 Å². The fourth-order valence-electron chi connectivity index (χ4n) is 2.59. The Morgan fingerprint density at radius 3 is 2.22 bits per heavy atom. The van der Waals surface area contributed by atoms with Gasteiger partial charge in [0.05, 0.1) is 0 Å². The summed E-state index contributed by atoms with van der Waals surface area (Å²) in [7, 11) is 0. The van der Waals surface area contributed by atoms with Gasteiger partial charge in [-0.2, -0.15) is 0 Å². The van der Waals surface area contributed by atoms with Crippen molar-refractivity contribution in [2.45, 2.75) is 45.7 Å². The van der Waals surface area contributed by atoms with Crippen LogP contribution in [0.15, 0.2) is 42.5 Å². The minimum Gasteiger partial charge on any atom is -0.311 e. The molecule has 0 aliphatic carbocycles. The van der Waals surface area contributed by atoms with Crippen molar-refractivity contribution in [3.8, 4) is 0 Å². The number of hydrogen-bond acceptors (Lipinski definition) is 1. The quantitative estimate of drug-likeness (QED) is 0.840. The molecule has 0 fully saturated rings. The molecule has 2 aromatic carbocycles. The molecule has 0 heterocycles. The maximum atomic E-state index is 3.61. The van der Waals surface area contributed by atoms with E-state index in [-0.39, 0.29) is 0 Å². The first-order chi connectivity index (χ1) is 8.59. The lowest BCUT2D eigenvalue weighted by Gasteiger charge is -2.25. The van der Waals surface area contributed by atoms with E-state index in [1.165, 1.54) is 16.3 Å². The maximum Gasteiger partial charge on any atom is 0.0107 e. The first-order valence-corrected chi connectivity index (χ1v) is 6.83. The van der Waals surface area contributed by atoms with Gasteiger partial charge in [-0.05, 0) is 29.2 Å². The van der Waals surface area contributed by atoms with E-state index in [2.05, 4.69) is 75.5 Å². The Bertz CT molecular complexity index is 511.